The van der Waals surface area contributed by atoms with Crippen molar-refractivity contribution in [1.29, 1.82) is 0 Å². The van der Waals surface area contributed by atoms with E-state index in [1.807, 2.05) is 24.9 Å². The van der Waals surface area contributed by atoms with Crippen molar-refractivity contribution >= 4 is 50.1 Å². The van der Waals surface area contributed by atoms with Crippen LogP contribution >= 0.6 is 32.4 Å². The van der Waals surface area contributed by atoms with Gasteiger partial charge in [-0.15, -0.1) is 20.8 Å². The Kier molecular flexibility index (Phi) is 28.5. The predicted octanol–water partition coefficient (Wildman–Crippen LogP) is 10.1. The Morgan fingerprint density at radius 3 is 2.02 bits per heavy atom. The number of allylic oxidation sites excluding steroid dienone is 4. The summed E-state index contributed by atoms with van der Waals surface area (Å²) in [5, 5.41) is 19.7. The summed E-state index contributed by atoms with van der Waals surface area (Å²) in [6, 6.07) is 8.95. The highest BCUT2D eigenvalue weighted by atomic mass is 35.5. The molecule has 0 bridgehead atoms. The number of urea groups is 1. The van der Waals surface area contributed by atoms with Crippen LogP contribution in [0.2, 0.25) is 0 Å². The van der Waals surface area contributed by atoms with Crippen molar-refractivity contribution in [2.45, 2.75) is 136 Å². The summed E-state index contributed by atoms with van der Waals surface area (Å²) in [5.74, 6) is -0.0179. The van der Waals surface area contributed by atoms with Crippen molar-refractivity contribution < 1.29 is 14.7 Å². The van der Waals surface area contributed by atoms with Gasteiger partial charge in [-0.2, -0.15) is 0 Å². The van der Waals surface area contributed by atoms with Gasteiger partial charge < -0.3 is 35.7 Å². The number of amides is 2. The monoisotopic (exact) mass is 864 g/mol. The van der Waals surface area contributed by atoms with Crippen LogP contribution in [-0.2, 0) is 4.79 Å². The standard InChI is InChI=1S/C31H39Cl2N4OP.C5H13N.C4H10.C3H6O.C3H8.CH4O/c1-18-19(2)27(33)26(34-4)17-25(18)28-20(3)31(22-9-11-23(32)12-10-22,36-30(38)37-15-5-6-16-37)29(35-28)21-7-13-24(39)14-8-21;1-5(2)6(3)4;1-3-4-2;1-2-3-4;1-3-2;1-2/h7-11,13-14,17,19-20,23,28-29,34-35H,1,5-6,12,15-16,39H2,2-4H3,(H,36,38);5H,1-4H3;3-4H2,1-2H3;3H,2H2,1H3;3H2,1-2H3;2H,1H3. The number of alkyl halides is 1. The lowest BCUT2D eigenvalue weighted by Crippen LogP contribution is -2.59. The average Bonchev–Trinajstić information content (AvgIpc) is 3.87. The van der Waals surface area contributed by atoms with Crippen LogP contribution in [0.5, 0.6) is 0 Å². The number of unbranched alkanes of at least 4 members (excludes halogenated alkanes) is 1. The van der Waals surface area contributed by atoms with Crippen molar-refractivity contribution in [3.63, 3.8) is 0 Å². The molecule has 8 nitrogen and oxygen atoms in total. The molecule has 7 atom stereocenters. The Bertz CT molecular complexity index is 1480. The number of likely N-dealkylation sites (N-methyl/N-ethyl adjacent to an activating group) is 1. The molecule has 7 unspecified atom stereocenters. The highest BCUT2D eigenvalue weighted by Crippen LogP contribution is 2.51. The van der Waals surface area contributed by atoms with Crippen LogP contribution in [0.1, 0.15) is 119 Å². The first-order valence-electron chi connectivity index (χ1n) is 21.3. The number of carbonyl (C=O) groups excluding carboxylic acids is 2. The summed E-state index contributed by atoms with van der Waals surface area (Å²) in [6.45, 7) is 25.1. The Morgan fingerprint density at radius 1 is 1.09 bits per heavy atom. The molecule has 0 aromatic heterocycles. The van der Waals surface area contributed by atoms with Crippen LogP contribution in [-0.4, -0.2) is 91.6 Å². The Labute approximate surface area is 366 Å². The lowest BCUT2D eigenvalue weighted by Gasteiger charge is -2.43. The van der Waals surface area contributed by atoms with Gasteiger partial charge in [-0.25, -0.2) is 4.79 Å². The number of nitrogens with one attached hydrogen (secondary N) is 3. The molecule has 4 aliphatic rings. The molecular formula is C47H80Cl2N5O3P. The van der Waals surface area contributed by atoms with Crippen LogP contribution in [0, 0.1) is 11.8 Å². The third kappa shape index (κ3) is 16.2. The van der Waals surface area contributed by atoms with Gasteiger partial charge in [0.05, 0.1) is 17.0 Å². The summed E-state index contributed by atoms with van der Waals surface area (Å²) in [5.41, 5.74) is 4.52. The minimum absolute atomic E-state index is 0.00189. The molecule has 4 N–H and O–H groups in total. The van der Waals surface area contributed by atoms with Gasteiger partial charge in [-0.3, -0.25) is 0 Å². The highest BCUT2D eigenvalue weighted by Gasteiger charge is 2.57. The predicted molar refractivity (Wildman–Crippen MR) is 256 cm³/mol. The van der Waals surface area contributed by atoms with Gasteiger partial charge in [-0.1, -0.05) is 128 Å². The zero-order valence-corrected chi connectivity index (χ0v) is 40.9. The summed E-state index contributed by atoms with van der Waals surface area (Å²) in [6.07, 6.45) is 16.7. The molecular weight excluding hydrogens is 784 g/mol. The van der Waals surface area contributed by atoms with E-state index in [0.717, 1.165) is 84.1 Å². The zero-order valence-electron chi connectivity index (χ0n) is 38.2. The molecule has 2 fully saturated rings. The number of hydrogen-bond acceptors (Lipinski definition) is 6. The molecule has 2 amide bonds. The van der Waals surface area contributed by atoms with E-state index >= 15 is 0 Å². The molecule has 0 radical (unpaired) electrons. The van der Waals surface area contributed by atoms with E-state index in [1.54, 1.807) is 0 Å². The van der Waals surface area contributed by atoms with Gasteiger partial charge in [0.25, 0.3) is 0 Å². The second-order valence-corrected chi connectivity index (χ2v) is 17.1. The first-order valence-corrected chi connectivity index (χ1v) is 22.7. The van der Waals surface area contributed by atoms with Crippen LogP contribution in [0.3, 0.4) is 0 Å². The number of hydrogen-bond donors (Lipinski definition) is 4. The molecule has 1 aromatic carbocycles. The fraction of sp³-hybridized carbons (Fsp3) is 0.617. The van der Waals surface area contributed by atoms with E-state index in [1.165, 1.54) is 19.3 Å². The molecule has 330 valence electrons. The van der Waals surface area contributed by atoms with Crippen LogP contribution in [0.4, 0.5) is 4.79 Å². The van der Waals surface area contributed by atoms with Gasteiger partial charge in [0.2, 0.25) is 0 Å². The van der Waals surface area contributed by atoms with Gasteiger partial charge in [0, 0.05) is 68.3 Å². The molecule has 2 heterocycles. The molecule has 2 saturated heterocycles. The topological polar surface area (TPSA) is 96.9 Å². The van der Waals surface area contributed by atoms with E-state index in [4.69, 9.17) is 28.3 Å². The lowest BCUT2D eigenvalue weighted by atomic mass is 9.69. The van der Waals surface area contributed by atoms with Gasteiger partial charge in [0.1, 0.15) is 6.29 Å². The Morgan fingerprint density at radius 2 is 1.60 bits per heavy atom. The number of halogens is 2. The number of rotatable bonds is 8. The van der Waals surface area contributed by atoms with E-state index in [-0.39, 0.29) is 35.3 Å². The molecule has 58 heavy (non-hydrogen) atoms. The lowest BCUT2D eigenvalue weighted by molar-refractivity contribution is -0.107. The number of benzene rings is 1. The molecule has 2 aliphatic heterocycles. The molecule has 0 saturated carbocycles. The van der Waals surface area contributed by atoms with Gasteiger partial charge >= 0.3 is 6.03 Å². The second-order valence-electron chi connectivity index (χ2n) is 15.5. The average molecular weight is 865 g/mol. The van der Waals surface area contributed by atoms with Crippen LogP contribution < -0.4 is 21.3 Å². The second kappa shape index (κ2) is 29.7. The van der Waals surface area contributed by atoms with Crippen molar-refractivity contribution in [3.8, 4) is 0 Å². The SMILES string of the molecule is C=C1C(C2NC(c3ccc(P)cc3)C(NC(=O)N3CCCC3)(C3=CCC(Cl)C=C3)C2C)=CC(NC)=C(Cl)C1C.CC(C)N(C)C.CCC.CCC=O.CCCC.CO. The quantitative estimate of drug-likeness (QED) is 0.118. The van der Waals surface area contributed by atoms with Gasteiger partial charge in [-0.05, 0) is 80.9 Å². The Balaban J connectivity index is 0.00000144. The normalized spacial score (nSPS) is 24.6. The third-order valence-electron chi connectivity index (χ3n) is 10.7. The van der Waals surface area contributed by atoms with Crippen molar-refractivity contribution in [1.82, 2.24) is 25.8 Å². The number of aliphatic hydroxyl groups excluding tert-OH is 1. The molecule has 11 heteroatoms. The van der Waals surface area contributed by atoms with Crippen molar-refractivity contribution in [2.75, 3.05) is 41.3 Å². The maximum absolute atomic E-state index is 13.9. The molecule has 2 aliphatic carbocycles. The number of likely N-dealkylation sites (tertiary alicyclic amines) is 1. The number of aliphatic hydroxyl groups is 1. The first kappa shape index (κ1) is 55.5. The van der Waals surface area contributed by atoms with E-state index in [0.29, 0.717) is 12.5 Å². The summed E-state index contributed by atoms with van der Waals surface area (Å²) < 4.78 is 0. The Hall–Kier alpha value is -2.45. The van der Waals surface area contributed by atoms with Crippen molar-refractivity contribution in [3.05, 3.63) is 88.2 Å². The minimum atomic E-state index is -0.713. The summed E-state index contributed by atoms with van der Waals surface area (Å²) in [7, 11) is 9.80. The highest BCUT2D eigenvalue weighted by molar-refractivity contribution is 7.27. The van der Waals surface area contributed by atoms with E-state index < -0.39 is 5.54 Å². The first-order chi connectivity index (χ1) is 27.6. The number of nitrogens with zero attached hydrogens (tertiary/aromatic N) is 2. The fourth-order valence-corrected chi connectivity index (χ4v) is 7.22. The fourth-order valence-electron chi connectivity index (χ4n) is 6.59. The molecule has 5 rings (SSSR count). The zero-order chi connectivity index (χ0) is 44.6. The van der Waals surface area contributed by atoms with Crippen LogP contribution in [0.25, 0.3) is 0 Å². The summed E-state index contributed by atoms with van der Waals surface area (Å²) in [4.78, 5) is 27.2. The molecule has 0 spiro atoms. The van der Waals surface area contributed by atoms with Gasteiger partial charge in [0.15, 0.2) is 0 Å². The minimum Gasteiger partial charge on any atom is -0.400 e. The molecule has 1 aromatic rings. The third-order valence-corrected chi connectivity index (χ3v) is 11.9. The van der Waals surface area contributed by atoms with Crippen LogP contribution in [0.15, 0.2) is 82.6 Å². The number of aldehydes is 1. The van der Waals surface area contributed by atoms with E-state index in [2.05, 4.69) is 149 Å². The summed E-state index contributed by atoms with van der Waals surface area (Å²) >= 11 is 13.2. The maximum atomic E-state index is 13.9. The van der Waals surface area contributed by atoms with E-state index in [9.17, 15) is 9.59 Å². The maximum Gasteiger partial charge on any atom is 0.318 e. The number of carbonyl (C=O) groups is 2. The van der Waals surface area contributed by atoms with Crippen molar-refractivity contribution in [2.24, 2.45) is 11.8 Å². The smallest absolute Gasteiger partial charge is 0.318 e. The largest absolute Gasteiger partial charge is 0.400 e.